The Hall–Kier alpha value is -1.59. The van der Waals surface area contributed by atoms with Crippen LogP contribution in [0.25, 0.3) is 0 Å². The highest BCUT2D eigenvalue weighted by Gasteiger charge is 2.00. The van der Waals surface area contributed by atoms with E-state index < -0.39 is 0 Å². The molecule has 0 radical (unpaired) electrons. The minimum Gasteiger partial charge on any atom is -0.492 e. The average Bonchev–Trinajstić information content (AvgIpc) is 2.80. The number of aromatic nitrogens is 3. The molecule has 2 aromatic rings. The molecule has 5 nitrogen and oxygen atoms in total. The highest BCUT2D eigenvalue weighted by molar-refractivity contribution is 6.30. The molecule has 0 unspecified atom stereocenters. The maximum absolute atomic E-state index is 8.76. The second-order valence-corrected chi connectivity index (χ2v) is 4.19. The molecule has 0 spiro atoms. The zero-order valence-corrected chi connectivity index (χ0v) is 10.5. The molecule has 18 heavy (non-hydrogen) atoms. The molecule has 0 aliphatic heterocycles. The summed E-state index contributed by atoms with van der Waals surface area (Å²) < 4.78 is 7.23. The van der Waals surface area contributed by atoms with Gasteiger partial charge in [0.05, 0.1) is 12.2 Å². The molecule has 0 saturated heterocycles. The monoisotopic (exact) mass is 267 g/mol. The number of hydrogen-bond donors (Lipinski definition) is 1. The Balaban J connectivity index is 1.79. The Morgan fingerprint density at radius 1 is 1.28 bits per heavy atom. The van der Waals surface area contributed by atoms with E-state index in [4.69, 9.17) is 21.4 Å². The predicted octanol–water partition coefficient (Wildman–Crippen LogP) is 1.55. The van der Waals surface area contributed by atoms with E-state index in [1.807, 2.05) is 12.1 Å². The Kier molecular flexibility index (Phi) is 4.55. The van der Waals surface area contributed by atoms with Crippen LogP contribution in [0.4, 0.5) is 0 Å². The fourth-order valence-electron chi connectivity index (χ4n) is 1.46. The lowest BCUT2D eigenvalue weighted by Gasteiger charge is -2.05. The van der Waals surface area contributed by atoms with Crippen LogP contribution in [0.3, 0.4) is 0 Å². The van der Waals surface area contributed by atoms with Gasteiger partial charge < -0.3 is 9.84 Å². The number of hydrogen-bond acceptors (Lipinski definition) is 4. The number of aliphatic hydroxyl groups is 1. The summed E-state index contributed by atoms with van der Waals surface area (Å²) in [6.45, 7) is 1.20. The van der Waals surface area contributed by atoms with Crippen LogP contribution in [0.5, 0.6) is 5.75 Å². The number of halogens is 1. The van der Waals surface area contributed by atoms with Gasteiger partial charge in [-0.1, -0.05) is 16.8 Å². The van der Waals surface area contributed by atoms with Crippen LogP contribution < -0.4 is 4.74 Å². The van der Waals surface area contributed by atoms with Crippen molar-refractivity contribution in [2.24, 2.45) is 0 Å². The summed E-state index contributed by atoms with van der Waals surface area (Å²) in [5.41, 5.74) is 0.781. The molecule has 0 atom stereocenters. The summed E-state index contributed by atoms with van der Waals surface area (Å²) in [4.78, 5) is 0. The van der Waals surface area contributed by atoms with E-state index in [0.29, 0.717) is 24.6 Å². The fraction of sp³-hybridized carbons (Fsp3) is 0.333. The standard InChI is InChI=1S/C12H14ClN3O2/c13-10-1-3-12(4-2-10)18-8-6-16-9-11(5-7-17)14-15-16/h1-4,9,17H,5-8H2. The summed E-state index contributed by atoms with van der Waals surface area (Å²) in [5.74, 6) is 0.773. The number of nitrogens with zero attached hydrogens (tertiary/aromatic N) is 3. The Morgan fingerprint density at radius 2 is 2.06 bits per heavy atom. The molecule has 0 aliphatic carbocycles. The number of rotatable bonds is 6. The molecule has 0 aliphatic rings. The second-order valence-electron chi connectivity index (χ2n) is 3.75. The third-order valence-corrected chi connectivity index (χ3v) is 2.61. The van der Waals surface area contributed by atoms with Gasteiger partial charge in [0.15, 0.2) is 0 Å². The normalized spacial score (nSPS) is 10.6. The summed E-state index contributed by atoms with van der Waals surface area (Å²) in [6.07, 6.45) is 2.33. The number of benzene rings is 1. The molecule has 0 bridgehead atoms. The van der Waals surface area contributed by atoms with Crippen molar-refractivity contribution < 1.29 is 9.84 Å². The smallest absolute Gasteiger partial charge is 0.119 e. The first kappa shape index (κ1) is 12.9. The van der Waals surface area contributed by atoms with Gasteiger partial charge in [-0.25, -0.2) is 4.68 Å². The second kappa shape index (κ2) is 6.37. The largest absolute Gasteiger partial charge is 0.492 e. The molecule has 6 heteroatoms. The predicted molar refractivity (Wildman–Crippen MR) is 67.8 cm³/mol. The van der Waals surface area contributed by atoms with Gasteiger partial charge in [-0.05, 0) is 24.3 Å². The Morgan fingerprint density at radius 3 is 2.78 bits per heavy atom. The first-order valence-electron chi connectivity index (χ1n) is 5.66. The van der Waals surface area contributed by atoms with Crippen molar-refractivity contribution in [2.75, 3.05) is 13.2 Å². The quantitative estimate of drug-likeness (QED) is 0.863. The first-order chi connectivity index (χ1) is 8.78. The molecule has 0 fully saturated rings. The SMILES string of the molecule is OCCc1cn(CCOc2ccc(Cl)cc2)nn1. The van der Waals surface area contributed by atoms with Crippen LogP contribution in [0.15, 0.2) is 30.5 Å². The van der Waals surface area contributed by atoms with Gasteiger partial charge in [0.2, 0.25) is 0 Å². The van der Waals surface area contributed by atoms with Crippen LogP contribution in [0.1, 0.15) is 5.69 Å². The van der Waals surface area contributed by atoms with Crippen LogP contribution in [-0.2, 0) is 13.0 Å². The van der Waals surface area contributed by atoms with Crippen molar-refractivity contribution in [2.45, 2.75) is 13.0 Å². The van der Waals surface area contributed by atoms with Crippen molar-refractivity contribution in [3.05, 3.63) is 41.2 Å². The summed E-state index contributed by atoms with van der Waals surface area (Å²) in [7, 11) is 0. The molecular formula is C12H14ClN3O2. The third kappa shape index (κ3) is 3.72. The maximum atomic E-state index is 8.76. The minimum absolute atomic E-state index is 0.0833. The van der Waals surface area contributed by atoms with Crippen molar-refractivity contribution in [1.82, 2.24) is 15.0 Å². The fourth-order valence-corrected chi connectivity index (χ4v) is 1.59. The first-order valence-corrected chi connectivity index (χ1v) is 6.04. The van der Waals surface area contributed by atoms with Crippen molar-refractivity contribution in [3.8, 4) is 5.75 Å². The lowest BCUT2D eigenvalue weighted by molar-refractivity contribution is 0.289. The average molecular weight is 268 g/mol. The third-order valence-electron chi connectivity index (χ3n) is 2.36. The zero-order valence-electron chi connectivity index (χ0n) is 9.79. The van der Waals surface area contributed by atoms with Crippen LogP contribution >= 0.6 is 11.6 Å². The molecule has 0 amide bonds. The Bertz CT molecular complexity index is 484. The van der Waals surface area contributed by atoms with Gasteiger partial charge in [-0.2, -0.15) is 0 Å². The molecule has 1 aromatic carbocycles. The molecule has 1 aromatic heterocycles. The molecule has 2 rings (SSSR count). The van der Waals surface area contributed by atoms with E-state index in [-0.39, 0.29) is 6.61 Å². The Labute approximate surface area is 110 Å². The maximum Gasteiger partial charge on any atom is 0.119 e. The van der Waals surface area contributed by atoms with Crippen LogP contribution in [0.2, 0.25) is 5.02 Å². The van der Waals surface area contributed by atoms with Crippen LogP contribution in [-0.4, -0.2) is 33.3 Å². The van der Waals surface area contributed by atoms with Crippen molar-refractivity contribution in [1.29, 1.82) is 0 Å². The van der Waals surface area contributed by atoms with Gasteiger partial charge >= 0.3 is 0 Å². The molecule has 96 valence electrons. The van der Waals surface area contributed by atoms with E-state index in [9.17, 15) is 0 Å². The summed E-state index contributed by atoms with van der Waals surface area (Å²) >= 11 is 5.78. The van der Waals surface area contributed by atoms with Crippen molar-refractivity contribution >= 4 is 11.6 Å². The van der Waals surface area contributed by atoms with E-state index in [2.05, 4.69) is 10.3 Å². The van der Waals surface area contributed by atoms with E-state index in [1.165, 1.54) is 0 Å². The number of ether oxygens (including phenoxy) is 1. The van der Waals surface area contributed by atoms with Crippen LogP contribution in [0, 0.1) is 0 Å². The van der Waals surface area contributed by atoms with Gasteiger partial charge in [-0.15, -0.1) is 5.10 Å². The minimum atomic E-state index is 0.0833. The summed E-state index contributed by atoms with van der Waals surface area (Å²) in [6, 6.07) is 7.21. The van der Waals surface area contributed by atoms with Crippen molar-refractivity contribution in [3.63, 3.8) is 0 Å². The topological polar surface area (TPSA) is 60.2 Å². The van der Waals surface area contributed by atoms with E-state index >= 15 is 0 Å². The van der Waals surface area contributed by atoms with E-state index in [1.54, 1.807) is 23.0 Å². The lowest BCUT2D eigenvalue weighted by atomic mass is 10.3. The number of aliphatic hydroxyl groups excluding tert-OH is 1. The highest BCUT2D eigenvalue weighted by atomic mass is 35.5. The molecular weight excluding hydrogens is 254 g/mol. The van der Waals surface area contributed by atoms with E-state index in [0.717, 1.165) is 11.4 Å². The lowest BCUT2D eigenvalue weighted by Crippen LogP contribution is -2.08. The summed E-state index contributed by atoms with van der Waals surface area (Å²) in [5, 5.41) is 17.3. The molecule has 1 heterocycles. The molecule has 0 saturated carbocycles. The van der Waals surface area contributed by atoms with Gasteiger partial charge in [-0.3, -0.25) is 0 Å². The van der Waals surface area contributed by atoms with Gasteiger partial charge in [0.1, 0.15) is 12.4 Å². The van der Waals surface area contributed by atoms with Gasteiger partial charge in [0, 0.05) is 24.2 Å². The van der Waals surface area contributed by atoms with Gasteiger partial charge in [0.25, 0.3) is 0 Å². The highest BCUT2D eigenvalue weighted by Crippen LogP contribution is 2.15. The molecule has 1 N–H and O–H groups in total. The zero-order chi connectivity index (χ0) is 12.8.